The number of nitrogens with one attached hydrogen (secondary N) is 1. The lowest BCUT2D eigenvalue weighted by Crippen LogP contribution is -2.16. The summed E-state index contributed by atoms with van der Waals surface area (Å²) in [4.78, 5) is 0. The molecule has 1 N–H and O–H groups in total. The summed E-state index contributed by atoms with van der Waals surface area (Å²) in [5.74, 6) is 2.27. The van der Waals surface area contributed by atoms with Crippen LogP contribution in [-0.4, -0.2) is 19.7 Å². The van der Waals surface area contributed by atoms with Gasteiger partial charge in [-0.15, -0.1) is 0 Å². The molecule has 1 fully saturated rings. The molecule has 0 bridgehead atoms. The largest absolute Gasteiger partial charge is 0.493 e. The van der Waals surface area contributed by atoms with Gasteiger partial charge >= 0.3 is 0 Å². The molecule has 0 radical (unpaired) electrons. The van der Waals surface area contributed by atoms with Gasteiger partial charge in [0.2, 0.25) is 0 Å². The highest BCUT2D eigenvalue weighted by Crippen LogP contribution is 2.28. The Morgan fingerprint density at radius 1 is 1.41 bits per heavy atom. The first kappa shape index (κ1) is 12.4. The van der Waals surface area contributed by atoms with Gasteiger partial charge in [-0.25, -0.2) is 0 Å². The fourth-order valence-corrected chi connectivity index (χ4v) is 2.31. The lowest BCUT2D eigenvalue weighted by molar-refractivity contribution is 0.257. The molecule has 1 aliphatic rings. The van der Waals surface area contributed by atoms with Crippen LogP contribution in [0.5, 0.6) is 5.75 Å². The highest BCUT2D eigenvalue weighted by molar-refractivity contribution is 5.39. The Labute approximate surface area is 104 Å². The molecular formula is C15H23NO. The van der Waals surface area contributed by atoms with Crippen molar-refractivity contribution in [2.45, 2.75) is 33.1 Å². The van der Waals surface area contributed by atoms with Crippen LogP contribution >= 0.6 is 0 Å². The summed E-state index contributed by atoms with van der Waals surface area (Å²) in [5.41, 5.74) is 2.59. The third-order valence-electron chi connectivity index (χ3n) is 3.43. The van der Waals surface area contributed by atoms with E-state index in [4.69, 9.17) is 4.74 Å². The minimum absolute atomic E-state index is 0.521. The molecule has 2 rings (SSSR count). The van der Waals surface area contributed by atoms with Crippen molar-refractivity contribution in [2.75, 3.05) is 19.7 Å². The third kappa shape index (κ3) is 3.22. The van der Waals surface area contributed by atoms with E-state index in [2.05, 4.69) is 44.3 Å². The molecule has 1 aromatic rings. The Bertz CT molecular complexity index is 367. The second-order valence-electron chi connectivity index (χ2n) is 5.37. The Morgan fingerprint density at radius 2 is 2.24 bits per heavy atom. The van der Waals surface area contributed by atoms with Gasteiger partial charge in [0.1, 0.15) is 5.75 Å². The zero-order chi connectivity index (χ0) is 12.3. The number of ether oxygens (including phenoxy) is 1. The SMILES string of the molecule is Cc1ccc(C(C)C)c(OC[C@H]2CCNC2)c1. The Kier molecular flexibility index (Phi) is 4.06. The molecule has 0 spiro atoms. The van der Waals surface area contributed by atoms with E-state index in [1.54, 1.807) is 0 Å². The molecule has 1 aliphatic heterocycles. The number of hydrogen-bond acceptors (Lipinski definition) is 2. The maximum absolute atomic E-state index is 6.02. The van der Waals surface area contributed by atoms with Crippen molar-refractivity contribution >= 4 is 0 Å². The van der Waals surface area contributed by atoms with Crippen LogP contribution in [0.25, 0.3) is 0 Å². The van der Waals surface area contributed by atoms with Crippen molar-refractivity contribution in [2.24, 2.45) is 5.92 Å². The molecule has 0 unspecified atom stereocenters. The van der Waals surface area contributed by atoms with Gasteiger partial charge in [0.05, 0.1) is 6.61 Å². The molecule has 0 aliphatic carbocycles. The lowest BCUT2D eigenvalue weighted by atomic mass is 10.0. The summed E-state index contributed by atoms with van der Waals surface area (Å²) in [5, 5.41) is 3.38. The number of hydrogen-bond donors (Lipinski definition) is 1. The van der Waals surface area contributed by atoms with Crippen LogP contribution < -0.4 is 10.1 Å². The first-order valence-electron chi connectivity index (χ1n) is 6.61. The molecule has 1 atom stereocenters. The predicted octanol–water partition coefficient (Wildman–Crippen LogP) is 3.11. The Balaban J connectivity index is 2.04. The predicted molar refractivity (Wildman–Crippen MR) is 71.7 cm³/mol. The Morgan fingerprint density at radius 3 is 2.88 bits per heavy atom. The van der Waals surface area contributed by atoms with Crippen LogP contribution in [0.2, 0.25) is 0 Å². The molecule has 1 aromatic carbocycles. The van der Waals surface area contributed by atoms with E-state index in [-0.39, 0.29) is 0 Å². The van der Waals surface area contributed by atoms with Crippen LogP contribution in [0.4, 0.5) is 0 Å². The van der Waals surface area contributed by atoms with Crippen molar-refractivity contribution in [3.8, 4) is 5.75 Å². The van der Waals surface area contributed by atoms with Crippen LogP contribution in [-0.2, 0) is 0 Å². The second-order valence-corrected chi connectivity index (χ2v) is 5.37. The molecule has 0 saturated carbocycles. The van der Waals surface area contributed by atoms with Crippen molar-refractivity contribution in [3.63, 3.8) is 0 Å². The molecule has 94 valence electrons. The summed E-state index contributed by atoms with van der Waals surface area (Å²) in [6.45, 7) is 9.63. The van der Waals surface area contributed by atoms with Gasteiger partial charge in [0.25, 0.3) is 0 Å². The summed E-state index contributed by atoms with van der Waals surface area (Å²) in [6, 6.07) is 6.53. The van der Waals surface area contributed by atoms with Gasteiger partial charge in [-0.3, -0.25) is 0 Å². The van der Waals surface area contributed by atoms with E-state index in [0.29, 0.717) is 11.8 Å². The Hall–Kier alpha value is -1.02. The lowest BCUT2D eigenvalue weighted by Gasteiger charge is -2.17. The van der Waals surface area contributed by atoms with Crippen molar-refractivity contribution < 1.29 is 4.74 Å². The van der Waals surface area contributed by atoms with E-state index >= 15 is 0 Å². The standard InChI is InChI=1S/C15H23NO/c1-11(2)14-5-4-12(3)8-15(14)17-10-13-6-7-16-9-13/h4-5,8,11,13,16H,6-7,9-10H2,1-3H3/t13-/m0/s1. The van der Waals surface area contributed by atoms with Crippen LogP contribution in [0.3, 0.4) is 0 Å². The molecule has 2 heteroatoms. The zero-order valence-electron chi connectivity index (χ0n) is 11.1. The van der Waals surface area contributed by atoms with Crippen LogP contribution in [0.15, 0.2) is 18.2 Å². The fraction of sp³-hybridized carbons (Fsp3) is 0.600. The first-order valence-corrected chi connectivity index (χ1v) is 6.61. The average Bonchev–Trinajstić information content (AvgIpc) is 2.78. The first-order chi connectivity index (χ1) is 8.16. The van der Waals surface area contributed by atoms with Crippen molar-refractivity contribution in [3.05, 3.63) is 29.3 Å². The molecule has 17 heavy (non-hydrogen) atoms. The molecule has 0 amide bonds. The van der Waals surface area contributed by atoms with Crippen molar-refractivity contribution in [1.29, 1.82) is 0 Å². The molecular weight excluding hydrogens is 210 g/mol. The number of aryl methyl sites for hydroxylation is 1. The number of benzene rings is 1. The second kappa shape index (κ2) is 5.54. The summed E-state index contributed by atoms with van der Waals surface area (Å²) in [7, 11) is 0. The van der Waals surface area contributed by atoms with Gasteiger partial charge < -0.3 is 10.1 Å². The van der Waals surface area contributed by atoms with Gasteiger partial charge in [-0.05, 0) is 43.0 Å². The molecule has 2 nitrogen and oxygen atoms in total. The van der Waals surface area contributed by atoms with Gasteiger partial charge in [-0.1, -0.05) is 26.0 Å². The van der Waals surface area contributed by atoms with Gasteiger partial charge in [0.15, 0.2) is 0 Å². The normalized spacial score (nSPS) is 19.9. The quantitative estimate of drug-likeness (QED) is 0.863. The monoisotopic (exact) mass is 233 g/mol. The smallest absolute Gasteiger partial charge is 0.123 e. The van der Waals surface area contributed by atoms with Gasteiger partial charge in [0, 0.05) is 12.5 Å². The summed E-state index contributed by atoms with van der Waals surface area (Å²) < 4.78 is 6.02. The zero-order valence-corrected chi connectivity index (χ0v) is 11.1. The van der Waals surface area contributed by atoms with Gasteiger partial charge in [-0.2, -0.15) is 0 Å². The molecule has 1 saturated heterocycles. The van der Waals surface area contributed by atoms with E-state index in [0.717, 1.165) is 25.4 Å². The highest BCUT2D eigenvalue weighted by atomic mass is 16.5. The summed E-state index contributed by atoms with van der Waals surface area (Å²) >= 11 is 0. The van der Waals surface area contributed by atoms with Crippen molar-refractivity contribution in [1.82, 2.24) is 5.32 Å². The average molecular weight is 233 g/mol. The number of rotatable bonds is 4. The molecule has 0 aromatic heterocycles. The maximum atomic E-state index is 6.02. The fourth-order valence-electron chi connectivity index (χ4n) is 2.31. The minimum Gasteiger partial charge on any atom is -0.493 e. The molecule has 1 heterocycles. The van der Waals surface area contributed by atoms with E-state index in [1.807, 2.05) is 0 Å². The van der Waals surface area contributed by atoms with Crippen LogP contribution in [0, 0.1) is 12.8 Å². The van der Waals surface area contributed by atoms with E-state index in [9.17, 15) is 0 Å². The van der Waals surface area contributed by atoms with E-state index < -0.39 is 0 Å². The third-order valence-corrected chi connectivity index (χ3v) is 3.43. The highest BCUT2D eigenvalue weighted by Gasteiger charge is 2.16. The summed E-state index contributed by atoms with van der Waals surface area (Å²) in [6.07, 6.45) is 1.24. The maximum Gasteiger partial charge on any atom is 0.123 e. The van der Waals surface area contributed by atoms with E-state index in [1.165, 1.54) is 17.5 Å². The topological polar surface area (TPSA) is 21.3 Å². The minimum atomic E-state index is 0.521. The van der Waals surface area contributed by atoms with Crippen LogP contribution in [0.1, 0.15) is 37.3 Å².